The number of aliphatic hydroxyl groups is 1. The topological polar surface area (TPSA) is 40.5 Å². The molecule has 0 radical (unpaired) electrons. The van der Waals surface area contributed by atoms with Gasteiger partial charge < -0.3 is 10.0 Å². The van der Waals surface area contributed by atoms with Crippen molar-refractivity contribution in [1.29, 1.82) is 0 Å². The number of amides is 1. The Labute approximate surface area is 120 Å². The summed E-state index contributed by atoms with van der Waals surface area (Å²) in [6.07, 6.45) is 7.35. The molecule has 1 saturated heterocycles. The van der Waals surface area contributed by atoms with Gasteiger partial charge >= 0.3 is 0 Å². The third kappa shape index (κ3) is 4.49. The fourth-order valence-corrected chi connectivity index (χ4v) is 2.51. The van der Waals surface area contributed by atoms with Crippen LogP contribution in [-0.2, 0) is 4.79 Å². The molecule has 1 fully saturated rings. The molecular weight excluding hydrogens is 250 g/mol. The Morgan fingerprint density at radius 3 is 2.60 bits per heavy atom. The lowest BCUT2D eigenvalue weighted by Gasteiger charge is -2.31. The first-order chi connectivity index (χ1) is 9.79. The van der Waals surface area contributed by atoms with E-state index >= 15 is 0 Å². The maximum atomic E-state index is 12.0. The molecule has 3 heteroatoms. The van der Waals surface area contributed by atoms with Gasteiger partial charge in [-0.25, -0.2) is 0 Å². The molecule has 3 nitrogen and oxygen atoms in total. The highest BCUT2D eigenvalue weighted by atomic mass is 16.3. The van der Waals surface area contributed by atoms with E-state index in [1.807, 2.05) is 23.1 Å². The largest absolute Gasteiger partial charge is 0.396 e. The quantitative estimate of drug-likeness (QED) is 0.896. The first-order valence-electron chi connectivity index (χ1n) is 7.40. The molecule has 20 heavy (non-hydrogen) atoms. The van der Waals surface area contributed by atoms with Crippen LogP contribution < -0.4 is 0 Å². The first-order valence-corrected chi connectivity index (χ1v) is 7.40. The number of hydrogen-bond acceptors (Lipinski definition) is 2. The zero-order valence-electron chi connectivity index (χ0n) is 11.9. The van der Waals surface area contributed by atoms with Crippen LogP contribution in [0.15, 0.2) is 36.4 Å². The Morgan fingerprint density at radius 2 is 1.95 bits per heavy atom. The van der Waals surface area contributed by atoms with Crippen molar-refractivity contribution in [3.63, 3.8) is 0 Å². The summed E-state index contributed by atoms with van der Waals surface area (Å²) in [7, 11) is 0. The molecule has 1 heterocycles. The highest BCUT2D eigenvalue weighted by Crippen LogP contribution is 2.17. The van der Waals surface area contributed by atoms with Crippen molar-refractivity contribution in [3.8, 4) is 0 Å². The lowest BCUT2D eigenvalue weighted by Crippen LogP contribution is -2.39. The smallest absolute Gasteiger partial charge is 0.222 e. The predicted octanol–water partition coefficient (Wildman–Crippen LogP) is 2.71. The Hall–Kier alpha value is -1.61. The van der Waals surface area contributed by atoms with E-state index < -0.39 is 0 Å². The third-order valence-corrected chi connectivity index (χ3v) is 3.86. The Balaban J connectivity index is 1.69. The number of carbonyl (C=O) groups excluding carboxylic acids is 1. The molecule has 0 atom stereocenters. The zero-order chi connectivity index (χ0) is 14.2. The summed E-state index contributed by atoms with van der Waals surface area (Å²) >= 11 is 0. The van der Waals surface area contributed by atoms with Crippen LogP contribution >= 0.6 is 0 Å². The average molecular weight is 273 g/mol. The van der Waals surface area contributed by atoms with Crippen molar-refractivity contribution in [3.05, 3.63) is 42.0 Å². The lowest BCUT2D eigenvalue weighted by atomic mass is 9.97. The summed E-state index contributed by atoms with van der Waals surface area (Å²) in [5.41, 5.74) is 1.17. The van der Waals surface area contributed by atoms with Gasteiger partial charge in [0.05, 0.1) is 0 Å². The molecule has 0 aliphatic carbocycles. The number of benzene rings is 1. The van der Waals surface area contributed by atoms with E-state index in [0.717, 1.165) is 32.4 Å². The van der Waals surface area contributed by atoms with Gasteiger partial charge in [-0.3, -0.25) is 4.79 Å². The number of hydrogen-bond donors (Lipinski definition) is 1. The van der Waals surface area contributed by atoms with Crippen molar-refractivity contribution in [1.82, 2.24) is 4.90 Å². The summed E-state index contributed by atoms with van der Waals surface area (Å²) in [5.74, 6) is 0.621. The minimum atomic E-state index is 0.235. The standard InChI is InChI=1S/C17H23NO2/c19-14-16-10-12-18(13-11-16)17(20)9-5-4-8-15-6-2-1-3-7-15/h1-4,6-8,16,19H,5,9-14H2/b8-4+. The molecule has 0 saturated carbocycles. The van der Waals surface area contributed by atoms with Crippen LogP contribution in [0.5, 0.6) is 0 Å². The first kappa shape index (κ1) is 14.8. The van der Waals surface area contributed by atoms with E-state index in [4.69, 9.17) is 5.11 Å². The second-order valence-electron chi connectivity index (χ2n) is 5.36. The van der Waals surface area contributed by atoms with Gasteiger partial charge in [0, 0.05) is 26.1 Å². The molecule has 1 aromatic rings. The monoisotopic (exact) mass is 273 g/mol. The fraction of sp³-hybridized carbons (Fsp3) is 0.471. The maximum absolute atomic E-state index is 12.0. The molecule has 0 spiro atoms. The molecule has 0 unspecified atom stereocenters. The van der Waals surface area contributed by atoms with E-state index in [0.29, 0.717) is 12.3 Å². The second-order valence-corrected chi connectivity index (χ2v) is 5.36. The van der Waals surface area contributed by atoms with Crippen molar-refractivity contribution >= 4 is 12.0 Å². The number of piperidine rings is 1. The number of nitrogens with zero attached hydrogens (tertiary/aromatic N) is 1. The van der Waals surface area contributed by atoms with Crippen LogP contribution in [0.1, 0.15) is 31.2 Å². The molecule has 1 N–H and O–H groups in total. The lowest BCUT2D eigenvalue weighted by molar-refractivity contribution is -0.132. The van der Waals surface area contributed by atoms with Gasteiger partial charge in [0.25, 0.3) is 0 Å². The average Bonchev–Trinajstić information content (AvgIpc) is 2.52. The Kier molecular flexibility index (Phi) is 5.81. The molecule has 0 bridgehead atoms. The minimum Gasteiger partial charge on any atom is -0.396 e. The van der Waals surface area contributed by atoms with Crippen molar-refractivity contribution in [2.45, 2.75) is 25.7 Å². The van der Waals surface area contributed by atoms with Gasteiger partial charge in [0.2, 0.25) is 5.91 Å². The summed E-state index contributed by atoms with van der Waals surface area (Å²) < 4.78 is 0. The number of aliphatic hydroxyl groups excluding tert-OH is 1. The third-order valence-electron chi connectivity index (χ3n) is 3.86. The van der Waals surface area contributed by atoms with Gasteiger partial charge in [-0.2, -0.15) is 0 Å². The van der Waals surface area contributed by atoms with Crippen LogP contribution in [0, 0.1) is 5.92 Å². The van der Waals surface area contributed by atoms with Gasteiger partial charge in [0.1, 0.15) is 0 Å². The van der Waals surface area contributed by atoms with Gasteiger partial charge in [-0.15, -0.1) is 0 Å². The van der Waals surface area contributed by atoms with Crippen LogP contribution in [-0.4, -0.2) is 35.6 Å². The SMILES string of the molecule is O=C(CC/C=C/c1ccccc1)N1CCC(CO)CC1. The minimum absolute atomic E-state index is 0.235. The summed E-state index contributed by atoms with van der Waals surface area (Å²) in [6, 6.07) is 10.1. The summed E-state index contributed by atoms with van der Waals surface area (Å²) in [4.78, 5) is 14.0. The number of carbonyl (C=O) groups is 1. The molecule has 1 aliphatic rings. The van der Waals surface area contributed by atoms with Crippen LogP contribution in [0.25, 0.3) is 6.08 Å². The van der Waals surface area contributed by atoms with Gasteiger partial charge in [-0.1, -0.05) is 42.5 Å². The van der Waals surface area contributed by atoms with E-state index in [1.165, 1.54) is 5.56 Å². The van der Waals surface area contributed by atoms with Gasteiger partial charge in [-0.05, 0) is 30.7 Å². The summed E-state index contributed by atoms with van der Waals surface area (Å²) in [6.45, 7) is 1.85. The molecule has 0 aromatic heterocycles. The highest BCUT2D eigenvalue weighted by molar-refractivity contribution is 5.76. The van der Waals surface area contributed by atoms with Crippen LogP contribution in [0.3, 0.4) is 0 Å². The van der Waals surface area contributed by atoms with Gasteiger partial charge in [0.15, 0.2) is 0 Å². The van der Waals surface area contributed by atoms with E-state index in [-0.39, 0.29) is 12.5 Å². The normalized spacial score (nSPS) is 16.8. The number of likely N-dealkylation sites (tertiary alicyclic amines) is 1. The van der Waals surface area contributed by atoms with Crippen molar-refractivity contribution in [2.75, 3.05) is 19.7 Å². The highest BCUT2D eigenvalue weighted by Gasteiger charge is 2.21. The molecule has 1 aliphatic heterocycles. The van der Waals surface area contributed by atoms with E-state index in [2.05, 4.69) is 24.3 Å². The van der Waals surface area contributed by atoms with E-state index in [9.17, 15) is 4.79 Å². The molecule has 1 amide bonds. The fourth-order valence-electron chi connectivity index (χ4n) is 2.51. The number of allylic oxidation sites excluding steroid dienone is 1. The van der Waals surface area contributed by atoms with Crippen LogP contribution in [0.4, 0.5) is 0 Å². The Morgan fingerprint density at radius 1 is 1.25 bits per heavy atom. The summed E-state index contributed by atoms with van der Waals surface area (Å²) in [5, 5.41) is 9.08. The maximum Gasteiger partial charge on any atom is 0.222 e. The zero-order valence-corrected chi connectivity index (χ0v) is 11.9. The molecule has 108 valence electrons. The van der Waals surface area contributed by atoms with E-state index in [1.54, 1.807) is 0 Å². The number of rotatable bonds is 5. The predicted molar refractivity (Wildman–Crippen MR) is 81.1 cm³/mol. The van der Waals surface area contributed by atoms with Crippen LogP contribution in [0.2, 0.25) is 0 Å². The molecular formula is C17H23NO2. The Bertz CT molecular complexity index is 434. The van der Waals surface area contributed by atoms with Crippen molar-refractivity contribution < 1.29 is 9.90 Å². The molecule has 1 aromatic carbocycles. The molecule has 2 rings (SSSR count). The second kappa shape index (κ2) is 7.85. The van der Waals surface area contributed by atoms with Crippen molar-refractivity contribution in [2.24, 2.45) is 5.92 Å².